The summed E-state index contributed by atoms with van der Waals surface area (Å²) in [7, 11) is -3.77. The molecule has 0 unspecified atom stereocenters. The Morgan fingerprint density at radius 2 is 1.56 bits per heavy atom. The number of benzene rings is 3. The van der Waals surface area contributed by atoms with Crippen LogP contribution < -0.4 is 4.83 Å². The van der Waals surface area contributed by atoms with E-state index in [0.717, 1.165) is 22.3 Å². The van der Waals surface area contributed by atoms with Crippen molar-refractivity contribution in [3.63, 3.8) is 0 Å². The molecule has 3 aromatic rings. The number of hydrogen-bond acceptors (Lipinski definition) is 3. The van der Waals surface area contributed by atoms with Crippen LogP contribution in [0.3, 0.4) is 0 Å². The molecule has 3 aromatic carbocycles. The molecule has 0 aromatic heterocycles. The number of aryl methyl sites for hydroxylation is 1. The quantitative estimate of drug-likeness (QED) is 0.514. The predicted octanol–water partition coefficient (Wildman–Crippen LogP) is 4.29. The molecule has 3 rings (SSSR count). The van der Waals surface area contributed by atoms with Crippen molar-refractivity contribution < 1.29 is 8.42 Å². The molecule has 138 valence electrons. The average Bonchev–Trinajstić information content (AvgIpc) is 2.67. The van der Waals surface area contributed by atoms with Crippen LogP contribution in [-0.2, 0) is 16.4 Å². The summed E-state index contributed by atoms with van der Waals surface area (Å²) < 4.78 is 25.7. The SMILES string of the molecule is C/C(=N\NS(=O)(=O)c1ccc(C)cc1Cc1ccccc1)c1ccccc1. The molecule has 0 aliphatic heterocycles. The predicted molar refractivity (Wildman–Crippen MR) is 109 cm³/mol. The highest BCUT2D eigenvalue weighted by Crippen LogP contribution is 2.21. The van der Waals surface area contributed by atoms with E-state index in [1.165, 1.54) is 0 Å². The fourth-order valence-corrected chi connectivity index (χ4v) is 3.92. The molecule has 0 saturated carbocycles. The molecule has 0 aliphatic rings. The topological polar surface area (TPSA) is 58.5 Å². The molecule has 0 radical (unpaired) electrons. The molecule has 27 heavy (non-hydrogen) atoms. The van der Waals surface area contributed by atoms with Crippen LogP contribution in [-0.4, -0.2) is 14.1 Å². The second kappa shape index (κ2) is 8.18. The van der Waals surface area contributed by atoms with Crippen LogP contribution in [0.5, 0.6) is 0 Å². The van der Waals surface area contributed by atoms with Gasteiger partial charge in [-0.15, -0.1) is 0 Å². The van der Waals surface area contributed by atoms with Crippen molar-refractivity contribution in [1.82, 2.24) is 4.83 Å². The van der Waals surface area contributed by atoms with Crippen LogP contribution in [0.25, 0.3) is 0 Å². The van der Waals surface area contributed by atoms with E-state index in [1.54, 1.807) is 19.1 Å². The van der Waals surface area contributed by atoms with Gasteiger partial charge in [0.2, 0.25) is 0 Å². The summed E-state index contributed by atoms with van der Waals surface area (Å²) >= 11 is 0. The Morgan fingerprint density at radius 1 is 0.926 bits per heavy atom. The number of nitrogens with zero attached hydrogens (tertiary/aromatic N) is 1. The summed E-state index contributed by atoms with van der Waals surface area (Å²) in [6.45, 7) is 3.73. The van der Waals surface area contributed by atoms with Gasteiger partial charge >= 0.3 is 0 Å². The van der Waals surface area contributed by atoms with Crippen LogP contribution in [0, 0.1) is 6.92 Å². The van der Waals surface area contributed by atoms with Crippen molar-refractivity contribution in [2.45, 2.75) is 25.2 Å². The maximum atomic E-state index is 12.9. The number of hydrogen-bond donors (Lipinski definition) is 1. The summed E-state index contributed by atoms with van der Waals surface area (Å²) in [5.74, 6) is 0. The van der Waals surface area contributed by atoms with Gasteiger partial charge in [-0.2, -0.15) is 18.4 Å². The third-order valence-corrected chi connectivity index (χ3v) is 5.58. The van der Waals surface area contributed by atoms with Gasteiger partial charge < -0.3 is 0 Å². The van der Waals surface area contributed by atoms with Crippen LogP contribution in [0.15, 0.2) is 88.9 Å². The van der Waals surface area contributed by atoms with E-state index in [-0.39, 0.29) is 4.90 Å². The lowest BCUT2D eigenvalue weighted by atomic mass is 10.0. The minimum atomic E-state index is -3.77. The Hall–Kier alpha value is -2.92. The van der Waals surface area contributed by atoms with E-state index < -0.39 is 10.0 Å². The standard InChI is InChI=1S/C22H22N2O2S/c1-17-13-14-22(21(15-17)16-19-9-5-3-6-10-19)27(25,26)24-23-18(2)20-11-7-4-8-12-20/h3-15,24H,16H2,1-2H3/b23-18+. The van der Waals surface area contributed by atoms with Crippen molar-refractivity contribution in [3.8, 4) is 0 Å². The first-order chi connectivity index (χ1) is 13.0. The molecule has 0 heterocycles. The van der Waals surface area contributed by atoms with Crippen molar-refractivity contribution in [3.05, 3.63) is 101 Å². The maximum absolute atomic E-state index is 12.9. The number of rotatable bonds is 6. The molecule has 4 nitrogen and oxygen atoms in total. The Balaban J connectivity index is 1.90. The Labute approximate surface area is 160 Å². The number of nitrogens with one attached hydrogen (secondary N) is 1. The largest absolute Gasteiger partial charge is 0.276 e. The minimum absolute atomic E-state index is 0.251. The molecule has 0 atom stereocenters. The van der Waals surface area contributed by atoms with Gasteiger partial charge in [0.1, 0.15) is 0 Å². The maximum Gasteiger partial charge on any atom is 0.276 e. The molecule has 5 heteroatoms. The van der Waals surface area contributed by atoms with E-state index >= 15 is 0 Å². The normalized spacial score (nSPS) is 12.0. The molecule has 0 bridgehead atoms. The summed E-state index contributed by atoms with van der Waals surface area (Å²) in [6, 6.07) is 24.6. The van der Waals surface area contributed by atoms with Gasteiger partial charge in [-0.1, -0.05) is 78.4 Å². The molecule has 1 N–H and O–H groups in total. The van der Waals surface area contributed by atoms with Gasteiger partial charge in [0.15, 0.2) is 0 Å². The smallest absolute Gasteiger partial charge is 0.200 e. The van der Waals surface area contributed by atoms with Crippen molar-refractivity contribution in [2.24, 2.45) is 5.10 Å². The van der Waals surface area contributed by atoms with E-state index in [4.69, 9.17) is 0 Å². The van der Waals surface area contributed by atoms with Gasteiger partial charge in [-0.3, -0.25) is 0 Å². The Bertz CT molecular complexity index is 1040. The summed E-state index contributed by atoms with van der Waals surface area (Å²) in [5, 5.41) is 4.09. The van der Waals surface area contributed by atoms with Crippen LogP contribution in [0.4, 0.5) is 0 Å². The molecular formula is C22H22N2O2S. The van der Waals surface area contributed by atoms with Gasteiger partial charge in [0.25, 0.3) is 10.0 Å². The summed E-state index contributed by atoms with van der Waals surface area (Å²) in [5.41, 5.74) is 4.30. The molecule has 0 saturated heterocycles. The Kier molecular flexibility index (Phi) is 5.72. The van der Waals surface area contributed by atoms with Crippen molar-refractivity contribution >= 4 is 15.7 Å². The second-order valence-corrected chi connectivity index (χ2v) is 8.06. The van der Waals surface area contributed by atoms with Crippen molar-refractivity contribution in [1.29, 1.82) is 0 Å². The van der Waals surface area contributed by atoms with Gasteiger partial charge in [0, 0.05) is 0 Å². The van der Waals surface area contributed by atoms with E-state index in [2.05, 4.69) is 9.93 Å². The van der Waals surface area contributed by atoms with Crippen LogP contribution >= 0.6 is 0 Å². The molecule has 0 amide bonds. The monoisotopic (exact) mass is 378 g/mol. The van der Waals surface area contributed by atoms with Crippen LogP contribution in [0.1, 0.15) is 29.2 Å². The molecular weight excluding hydrogens is 356 g/mol. The number of sulfonamides is 1. The average molecular weight is 378 g/mol. The third-order valence-electron chi connectivity index (χ3n) is 4.27. The fourth-order valence-electron chi connectivity index (χ4n) is 2.85. The first kappa shape index (κ1) is 18.9. The first-order valence-corrected chi connectivity index (χ1v) is 10.2. The van der Waals surface area contributed by atoms with Crippen molar-refractivity contribution in [2.75, 3.05) is 0 Å². The van der Waals surface area contributed by atoms with Gasteiger partial charge in [-0.05, 0) is 43.0 Å². The lowest BCUT2D eigenvalue weighted by molar-refractivity contribution is 0.583. The molecule has 0 fully saturated rings. The molecule has 0 aliphatic carbocycles. The van der Waals surface area contributed by atoms with Crippen LogP contribution in [0.2, 0.25) is 0 Å². The van der Waals surface area contributed by atoms with Gasteiger partial charge in [0.05, 0.1) is 10.6 Å². The highest BCUT2D eigenvalue weighted by Gasteiger charge is 2.18. The highest BCUT2D eigenvalue weighted by molar-refractivity contribution is 7.89. The lowest BCUT2D eigenvalue weighted by Gasteiger charge is -2.12. The lowest BCUT2D eigenvalue weighted by Crippen LogP contribution is -2.21. The first-order valence-electron chi connectivity index (χ1n) is 8.71. The fraction of sp³-hybridized carbons (Fsp3) is 0.136. The zero-order chi connectivity index (χ0) is 19.3. The highest BCUT2D eigenvalue weighted by atomic mass is 32.2. The molecule has 0 spiro atoms. The Morgan fingerprint density at radius 3 is 2.22 bits per heavy atom. The number of hydrazone groups is 1. The van der Waals surface area contributed by atoms with Gasteiger partial charge in [-0.25, -0.2) is 0 Å². The van der Waals surface area contributed by atoms with E-state index in [9.17, 15) is 8.42 Å². The van der Waals surface area contributed by atoms with E-state index in [1.807, 2.05) is 73.7 Å². The zero-order valence-electron chi connectivity index (χ0n) is 15.4. The second-order valence-electron chi connectivity index (χ2n) is 6.43. The summed E-state index contributed by atoms with van der Waals surface area (Å²) in [4.78, 5) is 2.63. The minimum Gasteiger partial charge on any atom is -0.200 e. The summed E-state index contributed by atoms with van der Waals surface area (Å²) in [6.07, 6.45) is 0.542. The van der Waals surface area contributed by atoms with E-state index in [0.29, 0.717) is 12.1 Å². The zero-order valence-corrected chi connectivity index (χ0v) is 16.2. The third kappa shape index (κ3) is 4.83.